The summed E-state index contributed by atoms with van der Waals surface area (Å²) in [5, 5.41) is 13.5. The summed E-state index contributed by atoms with van der Waals surface area (Å²) in [5.74, 6) is 0.529. The number of rotatable bonds is 6. The molecule has 6 heteroatoms. The summed E-state index contributed by atoms with van der Waals surface area (Å²) in [4.78, 5) is 16.0. The van der Waals surface area contributed by atoms with Gasteiger partial charge in [0.25, 0.3) is 0 Å². The monoisotopic (exact) mass is 294 g/mol. The maximum absolute atomic E-state index is 11.5. The second kappa shape index (κ2) is 5.40. The van der Waals surface area contributed by atoms with Crippen LogP contribution < -0.4 is 0 Å². The van der Waals surface area contributed by atoms with Gasteiger partial charge in [-0.15, -0.1) is 0 Å². The zero-order chi connectivity index (χ0) is 15.0. The summed E-state index contributed by atoms with van der Waals surface area (Å²) >= 11 is 0. The van der Waals surface area contributed by atoms with Crippen molar-refractivity contribution in [3.63, 3.8) is 0 Å². The maximum Gasteiger partial charge on any atom is 0.310 e. The Morgan fingerprint density at radius 3 is 2.67 bits per heavy atom. The van der Waals surface area contributed by atoms with E-state index >= 15 is 0 Å². The molecule has 1 aromatic heterocycles. The Labute approximate surface area is 123 Å². The Morgan fingerprint density at radius 2 is 2.14 bits per heavy atom. The van der Waals surface area contributed by atoms with Crippen molar-refractivity contribution in [2.24, 2.45) is 5.41 Å². The maximum atomic E-state index is 11.5. The van der Waals surface area contributed by atoms with E-state index in [2.05, 4.69) is 10.1 Å². The van der Waals surface area contributed by atoms with Crippen LogP contribution in [0.3, 0.4) is 0 Å². The van der Waals surface area contributed by atoms with Crippen LogP contribution >= 0.6 is 0 Å². The number of aliphatic carboxylic acids is 1. The number of hydrogen-bond acceptors (Lipinski definition) is 5. The molecule has 21 heavy (non-hydrogen) atoms. The standard InChI is InChI=1S/C15H22N2O4/c1-3-15(4-2,14(18)19)8-12-16-13(17-21-12)10-7-9-5-6-11(10)20-9/h9-11H,3-8H2,1-2H3,(H,18,19). The summed E-state index contributed by atoms with van der Waals surface area (Å²) in [7, 11) is 0. The fraction of sp³-hybridized carbons (Fsp3) is 0.800. The van der Waals surface area contributed by atoms with Crippen molar-refractivity contribution in [1.29, 1.82) is 0 Å². The van der Waals surface area contributed by atoms with Gasteiger partial charge in [0.15, 0.2) is 5.82 Å². The van der Waals surface area contributed by atoms with E-state index in [1.807, 2.05) is 13.8 Å². The number of carboxylic acids is 1. The molecule has 0 saturated carbocycles. The molecular formula is C15H22N2O4. The average molecular weight is 294 g/mol. The van der Waals surface area contributed by atoms with E-state index in [1.54, 1.807) is 0 Å². The summed E-state index contributed by atoms with van der Waals surface area (Å²) in [5.41, 5.74) is -0.811. The zero-order valence-corrected chi connectivity index (χ0v) is 12.5. The lowest BCUT2D eigenvalue weighted by Crippen LogP contribution is -2.32. The number of carbonyl (C=O) groups is 1. The predicted molar refractivity (Wildman–Crippen MR) is 73.9 cm³/mol. The van der Waals surface area contributed by atoms with Crippen molar-refractivity contribution in [2.75, 3.05) is 0 Å². The third kappa shape index (κ3) is 2.46. The van der Waals surface area contributed by atoms with Crippen LogP contribution in [0.4, 0.5) is 0 Å². The molecule has 2 aliphatic rings. The molecule has 116 valence electrons. The molecule has 0 amide bonds. The van der Waals surface area contributed by atoms with Crippen LogP contribution in [-0.4, -0.2) is 33.4 Å². The first-order valence-electron chi connectivity index (χ1n) is 7.79. The molecule has 1 aromatic rings. The fourth-order valence-electron chi connectivity index (χ4n) is 3.57. The molecule has 3 heterocycles. The lowest BCUT2D eigenvalue weighted by atomic mass is 9.79. The Bertz CT molecular complexity index is 523. The van der Waals surface area contributed by atoms with Crippen molar-refractivity contribution in [2.45, 2.75) is 70.5 Å². The highest BCUT2D eigenvalue weighted by Gasteiger charge is 2.44. The number of nitrogens with zero attached hydrogens (tertiary/aromatic N) is 2. The van der Waals surface area contributed by atoms with Crippen LogP contribution in [0.5, 0.6) is 0 Å². The molecule has 0 radical (unpaired) electrons. The van der Waals surface area contributed by atoms with Crippen molar-refractivity contribution in [3.05, 3.63) is 11.7 Å². The highest BCUT2D eigenvalue weighted by molar-refractivity contribution is 5.74. The lowest BCUT2D eigenvalue weighted by molar-refractivity contribution is -0.149. The Morgan fingerprint density at radius 1 is 1.38 bits per heavy atom. The van der Waals surface area contributed by atoms with E-state index in [9.17, 15) is 9.90 Å². The van der Waals surface area contributed by atoms with Crippen molar-refractivity contribution >= 4 is 5.97 Å². The minimum atomic E-state index is -0.811. The SMILES string of the molecule is CCC(CC)(Cc1nc(C2CC3CCC2O3)no1)C(=O)O. The lowest BCUT2D eigenvalue weighted by Gasteiger charge is -2.24. The minimum absolute atomic E-state index is 0.210. The van der Waals surface area contributed by atoms with Crippen LogP contribution in [0.1, 0.15) is 63.6 Å². The molecule has 3 atom stereocenters. The number of hydrogen-bond donors (Lipinski definition) is 1. The summed E-state index contributed by atoms with van der Waals surface area (Å²) in [6.07, 6.45) is 5.08. The quantitative estimate of drug-likeness (QED) is 0.867. The first-order chi connectivity index (χ1) is 10.1. The molecule has 3 rings (SSSR count). The molecule has 2 aliphatic heterocycles. The third-order valence-corrected chi connectivity index (χ3v) is 5.22. The van der Waals surface area contributed by atoms with Crippen LogP contribution in [0.25, 0.3) is 0 Å². The van der Waals surface area contributed by atoms with E-state index in [0.717, 1.165) is 19.3 Å². The second-order valence-corrected chi connectivity index (χ2v) is 6.23. The third-order valence-electron chi connectivity index (χ3n) is 5.22. The van der Waals surface area contributed by atoms with Crippen molar-refractivity contribution in [3.8, 4) is 0 Å². The van der Waals surface area contributed by atoms with Crippen LogP contribution in [-0.2, 0) is 16.0 Å². The van der Waals surface area contributed by atoms with Crippen molar-refractivity contribution in [1.82, 2.24) is 10.1 Å². The molecule has 0 spiro atoms. The number of aromatic nitrogens is 2. The van der Waals surface area contributed by atoms with Gasteiger partial charge in [0, 0.05) is 6.42 Å². The van der Waals surface area contributed by atoms with Gasteiger partial charge in [-0.25, -0.2) is 0 Å². The topological polar surface area (TPSA) is 85.5 Å². The molecule has 0 aliphatic carbocycles. The van der Waals surface area contributed by atoms with E-state index in [1.165, 1.54) is 0 Å². The van der Waals surface area contributed by atoms with Gasteiger partial charge < -0.3 is 14.4 Å². The normalized spacial score (nSPS) is 28.2. The first kappa shape index (κ1) is 14.5. The smallest absolute Gasteiger partial charge is 0.310 e. The van der Waals surface area contributed by atoms with Gasteiger partial charge in [-0.3, -0.25) is 4.79 Å². The largest absolute Gasteiger partial charge is 0.481 e. The Balaban J connectivity index is 1.74. The van der Waals surface area contributed by atoms with Gasteiger partial charge in [-0.05, 0) is 32.1 Å². The van der Waals surface area contributed by atoms with Gasteiger partial charge in [0.2, 0.25) is 5.89 Å². The summed E-state index contributed by atoms with van der Waals surface area (Å²) in [6, 6.07) is 0. The van der Waals surface area contributed by atoms with Gasteiger partial charge in [-0.2, -0.15) is 4.98 Å². The number of ether oxygens (including phenoxy) is 1. The molecule has 2 bridgehead atoms. The van der Waals surface area contributed by atoms with E-state index in [-0.39, 0.29) is 12.0 Å². The van der Waals surface area contributed by atoms with Gasteiger partial charge in [0.1, 0.15) is 0 Å². The predicted octanol–water partition coefficient (Wildman–Crippen LogP) is 2.54. The van der Waals surface area contributed by atoms with Crippen molar-refractivity contribution < 1.29 is 19.2 Å². The highest BCUT2D eigenvalue weighted by atomic mass is 16.5. The molecule has 3 unspecified atom stereocenters. The first-order valence-corrected chi connectivity index (χ1v) is 7.79. The van der Waals surface area contributed by atoms with Crippen LogP contribution in [0.15, 0.2) is 4.52 Å². The van der Waals surface area contributed by atoms with Crippen LogP contribution in [0.2, 0.25) is 0 Å². The molecule has 2 fully saturated rings. The minimum Gasteiger partial charge on any atom is -0.481 e. The molecule has 6 nitrogen and oxygen atoms in total. The van der Waals surface area contributed by atoms with E-state index < -0.39 is 11.4 Å². The Hall–Kier alpha value is -1.43. The van der Waals surface area contributed by atoms with E-state index in [0.29, 0.717) is 37.1 Å². The van der Waals surface area contributed by atoms with Gasteiger partial charge in [0.05, 0.1) is 23.5 Å². The van der Waals surface area contributed by atoms with E-state index in [4.69, 9.17) is 9.26 Å². The van der Waals surface area contributed by atoms with Gasteiger partial charge in [-0.1, -0.05) is 19.0 Å². The highest BCUT2D eigenvalue weighted by Crippen LogP contribution is 2.43. The average Bonchev–Trinajstić information content (AvgIpc) is 3.20. The van der Waals surface area contributed by atoms with Crippen LogP contribution in [0, 0.1) is 5.41 Å². The number of fused-ring (bicyclic) bond motifs is 2. The summed E-state index contributed by atoms with van der Waals surface area (Å²) < 4.78 is 11.1. The molecular weight excluding hydrogens is 272 g/mol. The molecule has 0 aromatic carbocycles. The summed E-state index contributed by atoms with van der Waals surface area (Å²) in [6.45, 7) is 3.78. The van der Waals surface area contributed by atoms with Gasteiger partial charge >= 0.3 is 5.97 Å². The molecule has 1 N–H and O–H groups in total. The number of carboxylic acid groups (broad SMARTS) is 1. The second-order valence-electron chi connectivity index (χ2n) is 6.23. The molecule has 2 saturated heterocycles. The Kier molecular flexibility index (Phi) is 3.73. The zero-order valence-electron chi connectivity index (χ0n) is 12.5. The fourth-order valence-corrected chi connectivity index (χ4v) is 3.57.